The molecular weight excluding hydrogens is 444 g/mol. The predicted molar refractivity (Wildman–Crippen MR) is 135 cm³/mol. The fraction of sp³-hybridized carbons (Fsp3) is 0.538. The fourth-order valence-electron chi connectivity index (χ4n) is 5.25. The number of nitrogens with zero attached hydrogens (tertiary/aromatic N) is 6. The third-order valence-electron chi connectivity index (χ3n) is 7.22. The average Bonchev–Trinajstić information content (AvgIpc) is 3.30. The first-order chi connectivity index (χ1) is 17.0. The number of amides is 2. The Morgan fingerprint density at radius 3 is 2.49 bits per heavy atom. The Kier molecular flexibility index (Phi) is 6.74. The van der Waals surface area contributed by atoms with Crippen LogP contribution in [0.3, 0.4) is 0 Å². The molecular formula is C26H34N6O3. The summed E-state index contributed by atoms with van der Waals surface area (Å²) in [4.78, 5) is 43.6. The highest BCUT2D eigenvalue weighted by Crippen LogP contribution is 2.29. The van der Waals surface area contributed by atoms with Crippen LogP contribution in [0.15, 0.2) is 30.3 Å². The van der Waals surface area contributed by atoms with E-state index in [1.807, 2.05) is 42.2 Å². The van der Waals surface area contributed by atoms with E-state index >= 15 is 0 Å². The smallest absolute Gasteiger partial charge is 0.228 e. The molecule has 9 heteroatoms. The molecule has 2 amide bonds. The molecule has 3 saturated heterocycles. The number of piperazine rings is 1. The van der Waals surface area contributed by atoms with Crippen LogP contribution < -0.4 is 19.4 Å². The zero-order chi connectivity index (χ0) is 24.4. The van der Waals surface area contributed by atoms with Gasteiger partial charge in [-0.1, -0.05) is 6.07 Å². The van der Waals surface area contributed by atoms with Crippen LogP contribution in [-0.2, 0) is 9.59 Å². The van der Waals surface area contributed by atoms with E-state index < -0.39 is 0 Å². The highest BCUT2D eigenvalue weighted by molar-refractivity contribution is 6.00. The Labute approximate surface area is 206 Å². The second-order valence-electron chi connectivity index (χ2n) is 9.63. The van der Waals surface area contributed by atoms with Crippen LogP contribution in [-0.4, -0.2) is 79.6 Å². The Balaban J connectivity index is 1.20. The molecule has 35 heavy (non-hydrogen) atoms. The number of carbonyl (C=O) groups is 2. The average molecular weight is 479 g/mol. The Bertz CT molecular complexity index is 1080. The van der Waals surface area contributed by atoms with Crippen molar-refractivity contribution >= 4 is 29.3 Å². The van der Waals surface area contributed by atoms with Crippen LogP contribution in [0.1, 0.15) is 31.4 Å². The maximum absolute atomic E-state index is 13.3. The van der Waals surface area contributed by atoms with Gasteiger partial charge in [0.15, 0.2) is 0 Å². The molecule has 3 aliphatic rings. The van der Waals surface area contributed by atoms with Crippen molar-refractivity contribution in [3.05, 3.63) is 36.0 Å². The first kappa shape index (κ1) is 23.4. The van der Waals surface area contributed by atoms with Gasteiger partial charge in [-0.2, -0.15) is 4.98 Å². The number of aromatic nitrogens is 2. The summed E-state index contributed by atoms with van der Waals surface area (Å²) in [6, 6.07) is 9.47. The zero-order valence-corrected chi connectivity index (χ0v) is 20.7. The minimum atomic E-state index is -0.313. The lowest BCUT2D eigenvalue weighted by Gasteiger charge is -2.37. The van der Waals surface area contributed by atoms with Crippen molar-refractivity contribution < 1.29 is 14.3 Å². The van der Waals surface area contributed by atoms with Gasteiger partial charge in [-0.25, -0.2) is 4.98 Å². The lowest BCUT2D eigenvalue weighted by molar-refractivity contribution is -0.136. The van der Waals surface area contributed by atoms with Crippen molar-refractivity contribution in [2.45, 2.75) is 32.6 Å². The van der Waals surface area contributed by atoms with Gasteiger partial charge in [0.25, 0.3) is 0 Å². The normalized spacial score (nSPS) is 21.0. The number of aryl methyl sites for hydroxylation is 1. The summed E-state index contributed by atoms with van der Waals surface area (Å²) in [5, 5.41) is 0. The molecule has 1 aromatic carbocycles. The zero-order valence-electron chi connectivity index (χ0n) is 20.7. The maximum Gasteiger partial charge on any atom is 0.228 e. The van der Waals surface area contributed by atoms with Crippen LogP contribution >= 0.6 is 0 Å². The van der Waals surface area contributed by atoms with Crippen molar-refractivity contribution in [1.82, 2.24) is 14.9 Å². The summed E-state index contributed by atoms with van der Waals surface area (Å²) in [5.74, 6) is 2.19. The number of piperidine rings is 1. The summed E-state index contributed by atoms with van der Waals surface area (Å²) < 4.78 is 5.29. The number of benzene rings is 1. The van der Waals surface area contributed by atoms with Crippen molar-refractivity contribution in [3.63, 3.8) is 0 Å². The predicted octanol–water partition coefficient (Wildman–Crippen LogP) is 2.49. The van der Waals surface area contributed by atoms with E-state index in [4.69, 9.17) is 9.72 Å². The van der Waals surface area contributed by atoms with Gasteiger partial charge in [-0.05, 0) is 38.3 Å². The molecule has 0 radical (unpaired) electrons. The van der Waals surface area contributed by atoms with Gasteiger partial charge in [0.1, 0.15) is 11.6 Å². The van der Waals surface area contributed by atoms with E-state index in [1.165, 1.54) is 19.3 Å². The van der Waals surface area contributed by atoms with E-state index in [0.29, 0.717) is 25.4 Å². The van der Waals surface area contributed by atoms with Crippen LogP contribution in [0, 0.1) is 12.8 Å². The minimum Gasteiger partial charge on any atom is -0.497 e. The third-order valence-corrected chi connectivity index (χ3v) is 7.22. The molecule has 5 rings (SSSR count). The highest BCUT2D eigenvalue weighted by Gasteiger charge is 2.38. The summed E-state index contributed by atoms with van der Waals surface area (Å²) in [5.41, 5.74) is 1.74. The molecule has 0 N–H and O–H groups in total. The number of carbonyl (C=O) groups excluding carboxylic acids is 2. The molecule has 0 spiro atoms. The van der Waals surface area contributed by atoms with Gasteiger partial charge in [-0.3, -0.25) is 9.59 Å². The largest absolute Gasteiger partial charge is 0.497 e. The lowest BCUT2D eigenvalue weighted by Crippen LogP contribution is -2.51. The molecule has 0 saturated carbocycles. The molecule has 4 heterocycles. The fourth-order valence-corrected chi connectivity index (χ4v) is 5.25. The van der Waals surface area contributed by atoms with E-state index in [1.54, 1.807) is 12.0 Å². The van der Waals surface area contributed by atoms with Crippen molar-refractivity contribution in [2.75, 3.05) is 67.6 Å². The molecule has 0 aliphatic carbocycles. The standard InChI is InChI=1S/C26H34N6O3/c1-19-15-23(28-26(27-19)31-9-4-3-5-10-31)29-11-13-30(14-12-29)25(34)20-16-24(33)32(18-20)21-7-6-8-22(17-21)35-2/h6-8,15,17,20H,3-5,9-14,16,18H2,1-2H3. The third kappa shape index (κ3) is 5.04. The van der Waals surface area contributed by atoms with Crippen LogP contribution in [0.4, 0.5) is 17.5 Å². The number of hydrogen-bond donors (Lipinski definition) is 0. The molecule has 2 aromatic rings. The van der Waals surface area contributed by atoms with Gasteiger partial charge in [0, 0.05) is 75.7 Å². The first-order valence-electron chi connectivity index (χ1n) is 12.6. The molecule has 3 fully saturated rings. The van der Waals surface area contributed by atoms with E-state index in [0.717, 1.165) is 49.3 Å². The van der Waals surface area contributed by atoms with Crippen molar-refractivity contribution in [3.8, 4) is 5.75 Å². The Morgan fingerprint density at radius 1 is 0.971 bits per heavy atom. The highest BCUT2D eigenvalue weighted by atomic mass is 16.5. The topological polar surface area (TPSA) is 82.1 Å². The summed E-state index contributed by atoms with van der Waals surface area (Å²) in [6.07, 6.45) is 3.90. The van der Waals surface area contributed by atoms with E-state index in [9.17, 15) is 9.59 Å². The van der Waals surface area contributed by atoms with Crippen molar-refractivity contribution in [1.29, 1.82) is 0 Å². The molecule has 0 bridgehead atoms. The lowest BCUT2D eigenvalue weighted by atomic mass is 10.1. The van der Waals surface area contributed by atoms with Gasteiger partial charge in [0.05, 0.1) is 13.0 Å². The summed E-state index contributed by atoms with van der Waals surface area (Å²) in [7, 11) is 1.61. The molecule has 9 nitrogen and oxygen atoms in total. The molecule has 3 aliphatic heterocycles. The minimum absolute atomic E-state index is 0.0167. The SMILES string of the molecule is COc1cccc(N2CC(C(=O)N3CCN(c4cc(C)nc(N5CCCCC5)n4)CC3)CC2=O)c1. The number of anilines is 3. The molecule has 1 aromatic heterocycles. The maximum atomic E-state index is 13.3. The monoisotopic (exact) mass is 478 g/mol. The van der Waals surface area contributed by atoms with Gasteiger partial charge in [0.2, 0.25) is 17.8 Å². The second-order valence-corrected chi connectivity index (χ2v) is 9.63. The van der Waals surface area contributed by atoms with Crippen LogP contribution in [0.25, 0.3) is 0 Å². The summed E-state index contributed by atoms with van der Waals surface area (Å²) in [6.45, 7) is 7.16. The molecule has 1 atom stereocenters. The summed E-state index contributed by atoms with van der Waals surface area (Å²) >= 11 is 0. The quantitative estimate of drug-likeness (QED) is 0.653. The van der Waals surface area contributed by atoms with Gasteiger partial charge < -0.3 is 24.3 Å². The Morgan fingerprint density at radius 2 is 1.74 bits per heavy atom. The van der Waals surface area contributed by atoms with E-state index in [2.05, 4.69) is 14.8 Å². The van der Waals surface area contributed by atoms with Gasteiger partial charge in [-0.15, -0.1) is 0 Å². The van der Waals surface area contributed by atoms with Crippen molar-refractivity contribution in [2.24, 2.45) is 5.92 Å². The second kappa shape index (κ2) is 10.1. The first-order valence-corrected chi connectivity index (χ1v) is 12.6. The van der Waals surface area contributed by atoms with Gasteiger partial charge >= 0.3 is 0 Å². The Hall–Kier alpha value is -3.36. The van der Waals surface area contributed by atoms with Crippen LogP contribution in [0.2, 0.25) is 0 Å². The van der Waals surface area contributed by atoms with E-state index in [-0.39, 0.29) is 24.2 Å². The number of methoxy groups -OCH3 is 1. The number of rotatable bonds is 5. The molecule has 1 unspecified atom stereocenters. The van der Waals surface area contributed by atoms with Crippen LogP contribution in [0.5, 0.6) is 5.75 Å². The molecule has 186 valence electrons. The number of hydrogen-bond acceptors (Lipinski definition) is 7. The number of ether oxygens (including phenoxy) is 1.